The van der Waals surface area contributed by atoms with Crippen LogP contribution in [0.1, 0.15) is 5.56 Å². The Balaban J connectivity index is 1.97. The lowest BCUT2D eigenvalue weighted by Crippen LogP contribution is -2.21. The van der Waals surface area contributed by atoms with E-state index in [9.17, 15) is 0 Å². The van der Waals surface area contributed by atoms with E-state index in [1.54, 1.807) is 12.1 Å². The summed E-state index contributed by atoms with van der Waals surface area (Å²) in [4.78, 5) is 0. The van der Waals surface area contributed by atoms with Crippen LogP contribution in [-0.2, 0) is 6.42 Å². The van der Waals surface area contributed by atoms with Crippen molar-refractivity contribution in [2.24, 2.45) is 0 Å². The molecule has 1 aromatic rings. The maximum Gasteiger partial charge on any atom is 0.115 e. The molecule has 0 amide bonds. The van der Waals surface area contributed by atoms with Crippen molar-refractivity contribution in [2.75, 3.05) is 12.3 Å². The molecule has 1 aliphatic rings. The van der Waals surface area contributed by atoms with Crippen molar-refractivity contribution in [1.82, 2.24) is 5.32 Å². The molecule has 1 atom stereocenters. The summed E-state index contributed by atoms with van der Waals surface area (Å²) in [6.45, 7) is 1.12. The summed E-state index contributed by atoms with van der Waals surface area (Å²) in [6, 6.07) is 7.45. The summed E-state index contributed by atoms with van der Waals surface area (Å²) < 4.78 is 0. The fraction of sp³-hybridized carbons (Fsp3) is 0.400. The first-order chi connectivity index (χ1) is 6.34. The molecule has 1 aliphatic heterocycles. The molecular formula is C10H13NOS. The van der Waals surface area contributed by atoms with Gasteiger partial charge in [-0.15, -0.1) is 11.8 Å². The van der Waals surface area contributed by atoms with Crippen LogP contribution in [-0.4, -0.2) is 22.8 Å². The molecule has 13 heavy (non-hydrogen) atoms. The summed E-state index contributed by atoms with van der Waals surface area (Å²) in [6.07, 6.45) is 1.05. The monoisotopic (exact) mass is 195 g/mol. The van der Waals surface area contributed by atoms with Crippen molar-refractivity contribution < 1.29 is 5.11 Å². The number of thioether (sulfide) groups is 1. The zero-order valence-electron chi connectivity index (χ0n) is 7.36. The van der Waals surface area contributed by atoms with Gasteiger partial charge in [-0.2, -0.15) is 0 Å². The SMILES string of the molecule is Oc1ccc(CC2NCCS2)cc1. The summed E-state index contributed by atoms with van der Waals surface area (Å²) in [5, 5.41) is 13.1. The highest BCUT2D eigenvalue weighted by Crippen LogP contribution is 2.19. The van der Waals surface area contributed by atoms with Gasteiger partial charge in [0.1, 0.15) is 5.75 Å². The summed E-state index contributed by atoms with van der Waals surface area (Å²) in [5.41, 5.74) is 1.28. The Bertz CT molecular complexity index is 267. The van der Waals surface area contributed by atoms with Crippen molar-refractivity contribution in [3.05, 3.63) is 29.8 Å². The zero-order valence-corrected chi connectivity index (χ0v) is 8.18. The topological polar surface area (TPSA) is 32.3 Å². The van der Waals surface area contributed by atoms with Gasteiger partial charge < -0.3 is 10.4 Å². The Morgan fingerprint density at radius 2 is 2.15 bits per heavy atom. The molecule has 0 aromatic heterocycles. The van der Waals surface area contributed by atoms with Crippen LogP contribution in [0, 0.1) is 0 Å². The van der Waals surface area contributed by atoms with Gasteiger partial charge in [-0.05, 0) is 24.1 Å². The van der Waals surface area contributed by atoms with Crippen LogP contribution in [0.3, 0.4) is 0 Å². The van der Waals surface area contributed by atoms with E-state index in [4.69, 9.17) is 5.11 Å². The molecule has 1 heterocycles. The van der Waals surface area contributed by atoms with Gasteiger partial charge in [-0.3, -0.25) is 0 Å². The molecule has 0 bridgehead atoms. The lowest BCUT2D eigenvalue weighted by molar-refractivity contribution is 0.475. The highest BCUT2D eigenvalue weighted by molar-refractivity contribution is 8.00. The second kappa shape index (κ2) is 4.03. The number of phenolic OH excluding ortho intramolecular Hbond substituents is 1. The summed E-state index contributed by atoms with van der Waals surface area (Å²) >= 11 is 1.97. The maximum absolute atomic E-state index is 9.10. The normalized spacial score (nSPS) is 22.0. The van der Waals surface area contributed by atoms with E-state index in [1.807, 2.05) is 23.9 Å². The number of phenols is 1. The molecule has 3 heteroatoms. The average molecular weight is 195 g/mol. The number of aromatic hydroxyl groups is 1. The highest BCUT2D eigenvalue weighted by atomic mass is 32.2. The molecule has 1 saturated heterocycles. The smallest absolute Gasteiger partial charge is 0.115 e. The fourth-order valence-electron chi connectivity index (χ4n) is 1.46. The van der Waals surface area contributed by atoms with Gasteiger partial charge in [-0.25, -0.2) is 0 Å². The molecule has 0 radical (unpaired) electrons. The van der Waals surface area contributed by atoms with Crippen LogP contribution in [0.15, 0.2) is 24.3 Å². The van der Waals surface area contributed by atoms with Crippen molar-refractivity contribution in [1.29, 1.82) is 0 Å². The minimum Gasteiger partial charge on any atom is -0.508 e. The molecular weight excluding hydrogens is 182 g/mol. The standard InChI is InChI=1S/C10H13NOS/c12-9-3-1-8(2-4-9)7-10-11-5-6-13-10/h1-4,10-12H,5-7H2. The van der Waals surface area contributed by atoms with Crippen LogP contribution < -0.4 is 5.32 Å². The first-order valence-electron chi connectivity index (χ1n) is 4.47. The largest absolute Gasteiger partial charge is 0.508 e. The molecule has 2 rings (SSSR count). The van der Waals surface area contributed by atoms with Crippen LogP contribution in [0.2, 0.25) is 0 Å². The van der Waals surface area contributed by atoms with Gasteiger partial charge in [0.15, 0.2) is 0 Å². The zero-order chi connectivity index (χ0) is 9.10. The van der Waals surface area contributed by atoms with Gasteiger partial charge in [0.25, 0.3) is 0 Å². The molecule has 1 aromatic carbocycles. The number of benzene rings is 1. The number of rotatable bonds is 2. The molecule has 70 valence electrons. The number of nitrogens with one attached hydrogen (secondary N) is 1. The van der Waals surface area contributed by atoms with Gasteiger partial charge in [-0.1, -0.05) is 12.1 Å². The fourth-order valence-corrected chi connectivity index (χ4v) is 2.52. The van der Waals surface area contributed by atoms with Crippen molar-refractivity contribution in [3.63, 3.8) is 0 Å². The molecule has 1 fully saturated rings. The Morgan fingerprint density at radius 1 is 1.38 bits per heavy atom. The minimum absolute atomic E-state index is 0.343. The first-order valence-corrected chi connectivity index (χ1v) is 5.52. The van der Waals surface area contributed by atoms with E-state index in [1.165, 1.54) is 11.3 Å². The number of hydrogen-bond acceptors (Lipinski definition) is 3. The van der Waals surface area contributed by atoms with Crippen molar-refractivity contribution >= 4 is 11.8 Å². The third-order valence-corrected chi connectivity index (χ3v) is 3.33. The molecule has 2 nitrogen and oxygen atoms in total. The average Bonchev–Trinajstić information content (AvgIpc) is 2.62. The summed E-state index contributed by atoms with van der Waals surface area (Å²) in [7, 11) is 0. The molecule has 2 N–H and O–H groups in total. The van der Waals surface area contributed by atoms with Gasteiger partial charge >= 0.3 is 0 Å². The van der Waals surface area contributed by atoms with Crippen LogP contribution >= 0.6 is 11.8 Å². The highest BCUT2D eigenvalue weighted by Gasteiger charge is 2.14. The molecule has 0 spiro atoms. The predicted octanol–water partition coefficient (Wildman–Crippen LogP) is 1.60. The lowest BCUT2D eigenvalue weighted by Gasteiger charge is -2.08. The Labute approximate surface area is 82.4 Å². The second-order valence-electron chi connectivity index (χ2n) is 3.18. The lowest BCUT2D eigenvalue weighted by atomic mass is 10.1. The van der Waals surface area contributed by atoms with Crippen molar-refractivity contribution in [3.8, 4) is 5.75 Å². The van der Waals surface area contributed by atoms with Gasteiger partial charge in [0.05, 0.1) is 5.37 Å². The summed E-state index contributed by atoms with van der Waals surface area (Å²) in [5.74, 6) is 1.55. The van der Waals surface area contributed by atoms with E-state index >= 15 is 0 Å². The molecule has 1 unspecified atom stereocenters. The van der Waals surface area contributed by atoms with Gasteiger partial charge in [0, 0.05) is 12.3 Å². The molecule has 0 saturated carbocycles. The third-order valence-electron chi connectivity index (χ3n) is 2.15. The van der Waals surface area contributed by atoms with Crippen LogP contribution in [0.4, 0.5) is 0 Å². The van der Waals surface area contributed by atoms with Crippen LogP contribution in [0.25, 0.3) is 0 Å². The number of hydrogen-bond donors (Lipinski definition) is 2. The quantitative estimate of drug-likeness (QED) is 0.751. The Hall–Kier alpha value is -0.670. The maximum atomic E-state index is 9.10. The van der Waals surface area contributed by atoms with E-state index in [0.717, 1.165) is 13.0 Å². The Kier molecular flexibility index (Phi) is 2.76. The second-order valence-corrected chi connectivity index (χ2v) is 4.49. The van der Waals surface area contributed by atoms with Crippen LogP contribution in [0.5, 0.6) is 5.75 Å². The third kappa shape index (κ3) is 2.39. The van der Waals surface area contributed by atoms with E-state index in [0.29, 0.717) is 11.1 Å². The Morgan fingerprint density at radius 3 is 2.77 bits per heavy atom. The first kappa shape index (κ1) is 8.91. The minimum atomic E-state index is 0.343. The van der Waals surface area contributed by atoms with Crippen molar-refractivity contribution in [2.45, 2.75) is 11.8 Å². The van der Waals surface area contributed by atoms with E-state index in [-0.39, 0.29) is 0 Å². The van der Waals surface area contributed by atoms with Gasteiger partial charge in [0.2, 0.25) is 0 Å². The predicted molar refractivity (Wildman–Crippen MR) is 56.1 cm³/mol. The molecule has 0 aliphatic carbocycles. The van der Waals surface area contributed by atoms with E-state index < -0.39 is 0 Å². The van der Waals surface area contributed by atoms with E-state index in [2.05, 4.69) is 5.32 Å².